The SMILES string of the molecule is Cc1cc(NC(=O)CN(C)C(=O)c2cc(C)n(-c3cccnc3)c2C)no1. The lowest BCUT2D eigenvalue weighted by atomic mass is 10.2. The number of rotatable bonds is 5. The molecule has 0 saturated heterocycles. The average molecular weight is 367 g/mol. The Morgan fingerprint density at radius 1 is 1.26 bits per heavy atom. The molecular weight excluding hydrogens is 346 g/mol. The number of amides is 2. The number of aromatic nitrogens is 3. The molecule has 140 valence electrons. The number of pyridine rings is 1. The van der Waals surface area contributed by atoms with Crippen molar-refractivity contribution in [1.29, 1.82) is 0 Å². The van der Waals surface area contributed by atoms with E-state index in [1.54, 1.807) is 32.4 Å². The Bertz CT molecular complexity index is 975. The van der Waals surface area contributed by atoms with Gasteiger partial charge in [0.05, 0.1) is 24.0 Å². The van der Waals surface area contributed by atoms with Gasteiger partial charge in [0.2, 0.25) is 5.91 Å². The summed E-state index contributed by atoms with van der Waals surface area (Å²) in [5.74, 6) is 0.343. The van der Waals surface area contributed by atoms with Crippen LogP contribution in [0.1, 0.15) is 27.5 Å². The summed E-state index contributed by atoms with van der Waals surface area (Å²) in [6, 6.07) is 7.21. The van der Waals surface area contributed by atoms with E-state index >= 15 is 0 Å². The number of carbonyl (C=O) groups is 2. The molecule has 0 saturated carbocycles. The smallest absolute Gasteiger partial charge is 0.255 e. The zero-order valence-corrected chi connectivity index (χ0v) is 15.7. The van der Waals surface area contributed by atoms with Gasteiger partial charge in [-0.3, -0.25) is 14.6 Å². The molecule has 3 aromatic rings. The predicted octanol–water partition coefficient (Wildman–Crippen LogP) is 2.50. The highest BCUT2D eigenvalue weighted by molar-refractivity contribution is 5.99. The predicted molar refractivity (Wildman–Crippen MR) is 99.9 cm³/mol. The molecule has 2 amide bonds. The summed E-state index contributed by atoms with van der Waals surface area (Å²) in [5, 5.41) is 6.31. The molecule has 0 bridgehead atoms. The van der Waals surface area contributed by atoms with Crippen molar-refractivity contribution in [3.05, 3.63) is 59.4 Å². The molecule has 0 aliphatic carbocycles. The normalized spacial score (nSPS) is 10.7. The first-order valence-corrected chi connectivity index (χ1v) is 8.45. The number of nitrogens with one attached hydrogen (secondary N) is 1. The second-order valence-corrected chi connectivity index (χ2v) is 6.36. The van der Waals surface area contributed by atoms with E-state index in [1.807, 2.05) is 36.6 Å². The van der Waals surface area contributed by atoms with Crippen LogP contribution in [-0.2, 0) is 4.79 Å². The van der Waals surface area contributed by atoms with Crippen LogP contribution < -0.4 is 5.32 Å². The van der Waals surface area contributed by atoms with Crippen LogP contribution in [0.15, 0.2) is 41.2 Å². The van der Waals surface area contributed by atoms with E-state index in [9.17, 15) is 9.59 Å². The topological polar surface area (TPSA) is 93.3 Å². The Balaban J connectivity index is 1.74. The largest absolute Gasteiger partial charge is 0.360 e. The van der Waals surface area contributed by atoms with Crippen molar-refractivity contribution in [2.75, 3.05) is 18.9 Å². The standard InChI is InChI=1S/C19H21N5O3/c1-12-8-16(14(3)24(12)15-6-5-7-20-10-15)19(26)23(4)11-18(25)21-17-9-13(2)27-22-17/h5-10H,11H2,1-4H3,(H,21,22,25). The number of carbonyl (C=O) groups excluding carboxylic acids is 2. The van der Waals surface area contributed by atoms with Crippen molar-refractivity contribution in [3.63, 3.8) is 0 Å². The number of nitrogens with zero attached hydrogens (tertiary/aromatic N) is 4. The van der Waals surface area contributed by atoms with Crippen molar-refractivity contribution < 1.29 is 14.1 Å². The molecule has 0 spiro atoms. The summed E-state index contributed by atoms with van der Waals surface area (Å²) in [6.45, 7) is 5.44. The molecule has 3 heterocycles. The molecule has 27 heavy (non-hydrogen) atoms. The zero-order chi connectivity index (χ0) is 19.6. The molecule has 0 aliphatic heterocycles. The molecule has 0 unspecified atom stereocenters. The van der Waals surface area contributed by atoms with Crippen LogP contribution in [0.5, 0.6) is 0 Å². The molecule has 3 rings (SSSR count). The van der Waals surface area contributed by atoms with Gasteiger partial charge in [0, 0.05) is 30.7 Å². The van der Waals surface area contributed by atoms with Gasteiger partial charge in [0.1, 0.15) is 5.76 Å². The van der Waals surface area contributed by atoms with Gasteiger partial charge < -0.3 is 19.3 Å². The van der Waals surface area contributed by atoms with Gasteiger partial charge in [-0.1, -0.05) is 5.16 Å². The third-order valence-electron chi connectivity index (χ3n) is 4.19. The third-order valence-corrected chi connectivity index (χ3v) is 4.19. The summed E-state index contributed by atoms with van der Waals surface area (Å²) >= 11 is 0. The van der Waals surface area contributed by atoms with Crippen LogP contribution >= 0.6 is 0 Å². The Morgan fingerprint density at radius 3 is 2.67 bits per heavy atom. The van der Waals surface area contributed by atoms with Crippen LogP contribution in [0.4, 0.5) is 5.82 Å². The number of hydrogen-bond acceptors (Lipinski definition) is 5. The lowest BCUT2D eigenvalue weighted by Gasteiger charge is -2.16. The van der Waals surface area contributed by atoms with E-state index in [1.165, 1.54) is 4.90 Å². The maximum Gasteiger partial charge on any atom is 0.255 e. The minimum Gasteiger partial charge on any atom is -0.360 e. The summed E-state index contributed by atoms with van der Waals surface area (Å²) in [6.07, 6.45) is 3.44. The molecule has 0 radical (unpaired) electrons. The molecule has 0 aromatic carbocycles. The minimum absolute atomic E-state index is 0.0959. The van der Waals surface area contributed by atoms with Gasteiger partial charge in [-0.25, -0.2) is 0 Å². The number of aryl methyl sites for hydroxylation is 2. The van der Waals surface area contributed by atoms with Gasteiger partial charge in [-0.15, -0.1) is 0 Å². The number of likely N-dealkylation sites (N-methyl/N-ethyl adjacent to an activating group) is 1. The minimum atomic E-state index is -0.347. The highest BCUT2D eigenvalue weighted by Crippen LogP contribution is 2.21. The van der Waals surface area contributed by atoms with Crippen LogP contribution in [0, 0.1) is 20.8 Å². The van der Waals surface area contributed by atoms with Crippen LogP contribution in [0.3, 0.4) is 0 Å². The van der Waals surface area contributed by atoms with E-state index in [-0.39, 0.29) is 18.4 Å². The molecule has 0 atom stereocenters. The second-order valence-electron chi connectivity index (χ2n) is 6.36. The summed E-state index contributed by atoms with van der Waals surface area (Å²) < 4.78 is 6.87. The summed E-state index contributed by atoms with van der Waals surface area (Å²) in [5.41, 5.74) is 3.14. The first-order chi connectivity index (χ1) is 12.9. The van der Waals surface area contributed by atoms with E-state index in [2.05, 4.69) is 15.5 Å². The van der Waals surface area contributed by atoms with Gasteiger partial charge >= 0.3 is 0 Å². The van der Waals surface area contributed by atoms with Crippen molar-refractivity contribution in [3.8, 4) is 5.69 Å². The molecule has 0 fully saturated rings. The molecular formula is C19H21N5O3. The zero-order valence-electron chi connectivity index (χ0n) is 15.7. The van der Waals surface area contributed by atoms with Crippen LogP contribution in [0.2, 0.25) is 0 Å². The van der Waals surface area contributed by atoms with Gasteiger partial charge in [0.15, 0.2) is 5.82 Å². The fraction of sp³-hybridized carbons (Fsp3) is 0.263. The number of anilines is 1. The lowest BCUT2D eigenvalue weighted by Crippen LogP contribution is -2.35. The van der Waals surface area contributed by atoms with Crippen molar-refractivity contribution >= 4 is 17.6 Å². The highest BCUT2D eigenvalue weighted by Gasteiger charge is 2.21. The monoisotopic (exact) mass is 367 g/mol. The van der Waals surface area contributed by atoms with E-state index in [4.69, 9.17) is 4.52 Å². The Hall–Kier alpha value is -3.42. The van der Waals surface area contributed by atoms with Crippen molar-refractivity contribution in [2.24, 2.45) is 0 Å². The molecule has 8 nitrogen and oxygen atoms in total. The number of hydrogen-bond donors (Lipinski definition) is 1. The Kier molecular flexibility index (Phi) is 5.07. The van der Waals surface area contributed by atoms with Crippen LogP contribution in [-0.4, -0.2) is 45.0 Å². The Morgan fingerprint density at radius 2 is 2.04 bits per heavy atom. The van der Waals surface area contributed by atoms with Gasteiger partial charge in [-0.05, 0) is 39.0 Å². The summed E-state index contributed by atoms with van der Waals surface area (Å²) in [4.78, 5) is 30.5. The summed E-state index contributed by atoms with van der Waals surface area (Å²) in [7, 11) is 1.59. The second kappa shape index (κ2) is 7.45. The maximum atomic E-state index is 12.8. The fourth-order valence-electron chi connectivity index (χ4n) is 2.96. The molecule has 0 aliphatic rings. The van der Waals surface area contributed by atoms with E-state index in [0.29, 0.717) is 17.1 Å². The van der Waals surface area contributed by atoms with Crippen molar-refractivity contribution in [2.45, 2.75) is 20.8 Å². The lowest BCUT2D eigenvalue weighted by molar-refractivity contribution is -0.116. The van der Waals surface area contributed by atoms with Crippen molar-refractivity contribution in [1.82, 2.24) is 19.6 Å². The van der Waals surface area contributed by atoms with Gasteiger partial charge in [-0.2, -0.15) is 0 Å². The fourth-order valence-corrected chi connectivity index (χ4v) is 2.96. The molecule has 8 heteroatoms. The first kappa shape index (κ1) is 18.4. The van der Waals surface area contributed by atoms with E-state index in [0.717, 1.165) is 17.1 Å². The first-order valence-electron chi connectivity index (χ1n) is 8.45. The molecule has 1 N–H and O–H groups in total. The maximum absolute atomic E-state index is 12.8. The third kappa shape index (κ3) is 3.89. The van der Waals surface area contributed by atoms with Crippen LogP contribution in [0.25, 0.3) is 5.69 Å². The quantitative estimate of drug-likeness (QED) is 0.748. The van der Waals surface area contributed by atoms with Gasteiger partial charge in [0.25, 0.3) is 5.91 Å². The Labute approximate surface area is 156 Å². The average Bonchev–Trinajstić information content (AvgIpc) is 3.17. The van der Waals surface area contributed by atoms with E-state index < -0.39 is 0 Å². The highest BCUT2D eigenvalue weighted by atomic mass is 16.5. The molecule has 3 aromatic heterocycles.